The third kappa shape index (κ3) is 13.9. The topological polar surface area (TPSA) is 164 Å². The maximum atomic E-state index is 12.7. The molecule has 0 saturated heterocycles. The van der Waals surface area contributed by atoms with Crippen LogP contribution in [0, 0.1) is 6.92 Å². The van der Waals surface area contributed by atoms with Crippen LogP contribution >= 0.6 is 34.0 Å². The van der Waals surface area contributed by atoms with E-state index in [0.29, 0.717) is 63.4 Å². The van der Waals surface area contributed by atoms with Gasteiger partial charge in [-0.25, -0.2) is 18.4 Å². The Morgan fingerprint density at radius 1 is 0.793 bits per heavy atom. The number of anilines is 2. The van der Waals surface area contributed by atoms with E-state index in [-0.39, 0.29) is 28.9 Å². The van der Waals surface area contributed by atoms with E-state index in [1.54, 1.807) is 78.7 Å². The number of thiophene rings is 1. The first-order chi connectivity index (χ1) is 27.7. The Morgan fingerprint density at radius 3 is 2.03 bits per heavy atom. The van der Waals surface area contributed by atoms with Crippen molar-refractivity contribution in [3.63, 3.8) is 0 Å². The van der Waals surface area contributed by atoms with E-state index in [9.17, 15) is 18.0 Å². The average Bonchev–Trinajstić information content (AvgIpc) is 3.96. The minimum Gasteiger partial charge on any atom is -0.493 e. The van der Waals surface area contributed by atoms with Gasteiger partial charge in [0.25, 0.3) is 11.8 Å². The van der Waals surface area contributed by atoms with Crippen LogP contribution in [0.25, 0.3) is 0 Å². The van der Waals surface area contributed by atoms with Crippen LogP contribution < -0.4 is 29.6 Å². The van der Waals surface area contributed by atoms with Crippen LogP contribution in [-0.2, 0) is 21.0 Å². The summed E-state index contributed by atoms with van der Waals surface area (Å²) < 4.78 is 51.7. The largest absolute Gasteiger partial charge is 0.493 e. The lowest BCUT2D eigenvalue weighted by Gasteiger charge is -2.16. The number of hydrogen-bond acceptors (Lipinski definition) is 14. The maximum absolute atomic E-state index is 12.7. The molecule has 3 aromatic carbocycles. The van der Waals surface area contributed by atoms with E-state index < -0.39 is 9.84 Å². The number of carbonyl (C=O) groups excluding carboxylic acids is 2. The van der Waals surface area contributed by atoms with E-state index in [1.165, 1.54) is 40.4 Å². The first kappa shape index (κ1) is 43.8. The van der Waals surface area contributed by atoms with Crippen LogP contribution in [0.1, 0.15) is 51.9 Å². The SMILES string of the molecule is COC[C@H](C)Oc1cc(Oc2ccc(S(C)(=O)=O)cc2)cc(C(=O)Nc2nccs2)c1.Cc1cnc(NC(=O)c2cc(OCCc3ccsc3)cc(OC(C)C)c2)s1. The summed E-state index contributed by atoms with van der Waals surface area (Å²) >= 11 is 4.41. The second-order valence-corrected chi connectivity index (χ2v) is 18.0. The van der Waals surface area contributed by atoms with Gasteiger partial charge in [0.1, 0.15) is 34.9 Å². The van der Waals surface area contributed by atoms with Crippen molar-refractivity contribution in [1.82, 2.24) is 9.97 Å². The molecule has 0 fully saturated rings. The number of carbonyl (C=O) groups is 2. The standard InChI is InChI=1S/C21H22N2O6S2.C20H22N2O3S2/c1-14(13-27-2)28-17-10-15(20(24)23-21-22-8-9-30-21)11-18(12-17)29-16-4-6-19(7-5-16)31(3,25)26;1-13(2)25-18-9-16(19(23)22-20-21-11-14(3)27-20)8-17(10-18)24-6-4-15-5-7-26-12-15/h4-12,14H,13H2,1-3H3,(H,22,23,24);5,7-13H,4,6H2,1-3H3,(H,21,22,23)/t14-;/m0./s1. The van der Waals surface area contributed by atoms with Crippen molar-refractivity contribution in [2.24, 2.45) is 0 Å². The van der Waals surface area contributed by atoms with Crippen molar-refractivity contribution in [1.29, 1.82) is 0 Å². The molecule has 1 atom stereocenters. The van der Waals surface area contributed by atoms with Crippen molar-refractivity contribution in [3.05, 3.63) is 117 Å². The van der Waals surface area contributed by atoms with Crippen LogP contribution in [0.5, 0.6) is 28.7 Å². The third-order valence-electron chi connectivity index (χ3n) is 7.62. The summed E-state index contributed by atoms with van der Waals surface area (Å²) in [5, 5.41) is 12.5. The molecule has 3 aromatic heterocycles. The summed E-state index contributed by atoms with van der Waals surface area (Å²) in [7, 11) is -1.73. The Labute approximate surface area is 349 Å². The molecule has 2 N–H and O–H groups in total. The van der Waals surface area contributed by atoms with Gasteiger partial charge in [-0.3, -0.25) is 20.2 Å². The molecule has 6 rings (SSSR count). The normalized spacial score (nSPS) is 11.6. The Balaban J connectivity index is 0.000000223. The number of amides is 2. The van der Waals surface area contributed by atoms with Gasteiger partial charge in [0.2, 0.25) is 0 Å². The number of hydrogen-bond donors (Lipinski definition) is 2. The van der Waals surface area contributed by atoms with E-state index in [1.807, 2.05) is 33.8 Å². The molecule has 58 heavy (non-hydrogen) atoms. The number of aromatic nitrogens is 2. The molecule has 306 valence electrons. The Morgan fingerprint density at radius 2 is 1.45 bits per heavy atom. The van der Waals surface area contributed by atoms with Gasteiger partial charge in [0.05, 0.1) is 24.2 Å². The molecule has 0 aliphatic heterocycles. The van der Waals surface area contributed by atoms with Gasteiger partial charge in [-0.15, -0.1) is 22.7 Å². The highest BCUT2D eigenvalue weighted by atomic mass is 32.2. The molecular formula is C41H44N4O9S4. The summed E-state index contributed by atoms with van der Waals surface area (Å²) in [5.41, 5.74) is 2.04. The summed E-state index contributed by atoms with van der Waals surface area (Å²) in [6.07, 6.45) is 5.04. The molecule has 0 saturated carbocycles. The average molecular weight is 865 g/mol. The highest BCUT2D eigenvalue weighted by molar-refractivity contribution is 7.90. The minimum atomic E-state index is -3.31. The van der Waals surface area contributed by atoms with Crippen molar-refractivity contribution < 1.29 is 41.7 Å². The van der Waals surface area contributed by atoms with Crippen LogP contribution in [0.15, 0.2) is 100 Å². The predicted octanol–water partition coefficient (Wildman–Crippen LogP) is 9.18. The van der Waals surface area contributed by atoms with Gasteiger partial charge < -0.3 is 23.7 Å². The number of sulfone groups is 1. The van der Waals surface area contributed by atoms with Crippen LogP contribution in [-0.4, -0.2) is 69.0 Å². The molecule has 0 spiro atoms. The zero-order chi connectivity index (χ0) is 41.7. The number of benzene rings is 3. The lowest BCUT2D eigenvalue weighted by Crippen LogP contribution is -2.18. The fourth-order valence-electron chi connectivity index (χ4n) is 5.11. The second kappa shape index (κ2) is 20.9. The molecule has 0 bridgehead atoms. The lowest BCUT2D eigenvalue weighted by atomic mass is 10.2. The number of thiazole rings is 2. The van der Waals surface area contributed by atoms with Crippen LogP contribution in [0.2, 0.25) is 0 Å². The van der Waals surface area contributed by atoms with Gasteiger partial charge in [0.15, 0.2) is 20.1 Å². The van der Waals surface area contributed by atoms with E-state index >= 15 is 0 Å². The van der Waals surface area contributed by atoms with Crippen LogP contribution in [0.4, 0.5) is 10.3 Å². The molecule has 3 heterocycles. The summed E-state index contributed by atoms with van der Waals surface area (Å²) in [5.74, 6) is 1.83. The van der Waals surface area contributed by atoms with Crippen molar-refractivity contribution in [2.45, 2.75) is 51.2 Å². The fraction of sp³-hybridized carbons (Fsp3) is 0.268. The van der Waals surface area contributed by atoms with Gasteiger partial charge in [0, 0.05) is 65.7 Å². The second-order valence-electron chi connectivity index (χ2n) is 13.0. The minimum absolute atomic E-state index is 0.00331. The van der Waals surface area contributed by atoms with E-state index in [0.717, 1.165) is 17.6 Å². The van der Waals surface area contributed by atoms with Crippen molar-refractivity contribution in [2.75, 3.05) is 37.2 Å². The lowest BCUT2D eigenvalue weighted by molar-refractivity contribution is 0.0916. The zero-order valence-electron chi connectivity index (χ0n) is 32.7. The molecule has 0 aliphatic rings. The number of nitrogens with one attached hydrogen (secondary N) is 2. The number of aryl methyl sites for hydroxylation is 1. The highest BCUT2D eigenvalue weighted by Crippen LogP contribution is 2.30. The number of nitrogens with zero attached hydrogens (tertiary/aromatic N) is 2. The Bertz CT molecular complexity index is 2350. The Kier molecular flexibility index (Phi) is 15.8. The summed E-state index contributed by atoms with van der Waals surface area (Å²) in [6.45, 7) is 8.60. The molecular weight excluding hydrogens is 821 g/mol. The Hall–Kier alpha value is -5.33. The summed E-state index contributed by atoms with van der Waals surface area (Å²) in [6, 6.07) is 18.2. The van der Waals surface area contributed by atoms with Gasteiger partial charge in [-0.2, -0.15) is 11.3 Å². The maximum Gasteiger partial charge on any atom is 0.257 e. The van der Waals surface area contributed by atoms with E-state index in [2.05, 4.69) is 37.4 Å². The van der Waals surface area contributed by atoms with Crippen molar-refractivity contribution in [3.8, 4) is 28.7 Å². The van der Waals surface area contributed by atoms with Crippen LogP contribution in [0.3, 0.4) is 0 Å². The predicted molar refractivity (Wildman–Crippen MR) is 229 cm³/mol. The van der Waals surface area contributed by atoms with Gasteiger partial charge >= 0.3 is 0 Å². The highest BCUT2D eigenvalue weighted by Gasteiger charge is 2.16. The number of ether oxygens (including phenoxy) is 5. The fourth-order valence-corrected chi connectivity index (χ4v) is 7.62. The smallest absolute Gasteiger partial charge is 0.257 e. The van der Waals surface area contributed by atoms with Gasteiger partial charge in [-0.05, 0) is 98.6 Å². The molecule has 6 aromatic rings. The number of rotatable bonds is 17. The first-order valence-corrected chi connectivity index (χ1v) is 22.5. The monoisotopic (exact) mass is 864 g/mol. The first-order valence-electron chi connectivity index (χ1n) is 17.9. The summed E-state index contributed by atoms with van der Waals surface area (Å²) in [4.78, 5) is 34.8. The number of methoxy groups -OCH3 is 1. The molecule has 2 amide bonds. The molecule has 13 nitrogen and oxygen atoms in total. The molecule has 0 aliphatic carbocycles. The molecule has 0 unspecified atom stereocenters. The van der Waals surface area contributed by atoms with E-state index in [4.69, 9.17) is 23.7 Å². The molecule has 0 radical (unpaired) electrons. The zero-order valence-corrected chi connectivity index (χ0v) is 36.0. The van der Waals surface area contributed by atoms with Crippen molar-refractivity contribution >= 4 is 65.9 Å². The molecule has 17 heteroatoms. The quantitative estimate of drug-likeness (QED) is 0.0899. The van der Waals surface area contributed by atoms with Gasteiger partial charge in [-0.1, -0.05) is 0 Å². The third-order valence-corrected chi connectivity index (χ3v) is 11.0.